The van der Waals surface area contributed by atoms with Crippen molar-refractivity contribution < 1.29 is 31.1 Å². The lowest BCUT2D eigenvalue weighted by atomic mass is 9.88. The maximum atomic E-state index is 12.8. The van der Waals surface area contributed by atoms with Crippen LogP contribution in [0.15, 0.2) is 18.2 Å². The monoisotopic (exact) mass is 368 g/mol. The Kier molecular flexibility index (Phi) is 5.65. The third kappa shape index (κ3) is 4.87. The van der Waals surface area contributed by atoms with Gasteiger partial charge in [0.05, 0.1) is 5.56 Å². The summed E-state index contributed by atoms with van der Waals surface area (Å²) >= 11 is 0. The molecule has 3 nitrogen and oxygen atoms in total. The highest BCUT2D eigenvalue weighted by Crippen LogP contribution is 2.34. The van der Waals surface area contributed by atoms with Gasteiger partial charge in [-0.2, -0.15) is 26.3 Å². The molecule has 0 aliphatic carbocycles. The Morgan fingerprint density at radius 1 is 1.28 bits per heavy atom. The van der Waals surface area contributed by atoms with E-state index in [2.05, 4.69) is 5.32 Å². The second-order valence-corrected chi connectivity index (χ2v) is 5.98. The molecule has 0 aromatic heterocycles. The Morgan fingerprint density at radius 3 is 2.52 bits per heavy atom. The zero-order chi connectivity index (χ0) is 18.8. The average Bonchev–Trinajstić information content (AvgIpc) is 2.52. The third-order valence-electron chi connectivity index (χ3n) is 4.24. The maximum Gasteiger partial charge on any atom is 0.471 e. The fourth-order valence-corrected chi connectivity index (χ4v) is 2.92. The molecule has 1 aromatic carbocycles. The highest BCUT2D eigenvalue weighted by Gasteiger charge is 2.40. The van der Waals surface area contributed by atoms with Crippen LogP contribution in [0.2, 0.25) is 0 Å². The van der Waals surface area contributed by atoms with Gasteiger partial charge in [-0.15, -0.1) is 0 Å². The Labute approximate surface area is 140 Å². The minimum atomic E-state index is -4.97. The van der Waals surface area contributed by atoms with Crippen LogP contribution >= 0.6 is 0 Å². The van der Waals surface area contributed by atoms with Gasteiger partial charge in [0, 0.05) is 12.1 Å². The Bertz CT molecular complexity index is 626. The van der Waals surface area contributed by atoms with Gasteiger partial charge >= 0.3 is 18.3 Å². The number of hydrogen-bond acceptors (Lipinski definition) is 2. The average molecular weight is 368 g/mol. The van der Waals surface area contributed by atoms with Crippen molar-refractivity contribution in [1.82, 2.24) is 10.6 Å². The lowest BCUT2D eigenvalue weighted by Gasteiger charge is -2.31. The van der Waals surface area contributed by atoms with Gasteiger partial charge in [-0.3, -0.25) is 4.79 Å². The summed E-state index contributed by atoms with van der Waals surface area (Å²) in [4.78, 5) is 11.1. The minimum Gasteiger partial charge on any atom is -0.345 e. The van der Waals surface area contributed by atoms with Gasteiger partial charge in [0.2, 0.25) is 0 Å². The van der Waals surface area contributed by atoms with E-state index in [9.17, 15) is 31.1 Å². The first-order valence-corrected chi connectivity index (χ1v) is 7.83. The van der Waals surface area contributed by atoms with Gasteiger partial charge in [-0.25, -0.2) is 0 Å². The molecule has 2 N–H and O–H groups in total. The highest BCUT2D eigenvalue weighted by molar-refractivity contribution is 5.81. The number of amides is 1. The Balaban J connectivity index is 2.15. The van der Waals surface area contributed by atoms with Crippen molar-refractivity contribution in [2.24, 2.45) is 0 Å². The fraction of sp³-hybridized carbons (Fsp3) is 0.562. The first-order valence-electron chi connectivity index (χ1n) is 7.83. The summed E-state index contributed by atoms with van der Waals surface area (Å²) in [6, 6.07) is 2.25. The summed E-state index contributed by atoms with van der Waals surface area (Å²) in [5.74, 6) is -2.01. The van der Waals surface area contributed by atoms with Gasteiger partial charge < -0.3 is 10.6 Å². The largest absolute Gasteiger partial charge is 0.471 e. The Morgan fingerprint density at radius 2 is 1.96 bits per heavy atom. The molecule has 0 spiro atoms. The highest BCUT2D eigenvalue weighted by atomic mass is 19.4. The first-order chi connectivity index (χ1) is 11.5. The van der Waals surface area contributed by atoms with E-state index in [1.54, 1.807) is 6.92 Å². The molecule has 2 atom stereocenters. The Hall–Kier alpha value is -1.77. The quantitative estimate of drug-likeness (QED) is 0.795. The molecule has 0 saturated heterocycles. The summed E-state index contributed by atoms with van der Waals surface area (Å²) < 4.78 is 75.6. The second kappa shape index (κ2) is 7.23. The van der Waals surface area contributed by atoms with E-state index in [4.69, 9.17) is 0 Å². The SMILES string of the molecule is CCC(CC1NCCc2cc(C(F)(F)F)ccc21)NC(=O)C(F)(F)F. The van der Waals surface area contributed by atoms with Crippen LogP contribution in [0.4, 0.5) is 26.3 Å². The lowest BCUT2D eigenvalue weighted by Crippen LogP contribution is -2.45. The van der Waals surface area contributed by atoms with Crippen LogP contribution in [0, 0.1) is 0 Å². The number of hydrogen-bond donors (Lipinski definition) is 2. The zero-order valence-corrected chi connectivity index (χ0v) is 13.4. The number of carbonyl (C=O) groups excluding carboxylic acids is 1. The number of benzene rings is 1. The van der Waals surface area contributed by atoms with Crippen LogP contribution in [0.25, 0.3) is 0 Å². The predicted molar refractivity (Wildman–Crippen MR) is 78.8 cm³/mol. The molecule has 1 aromatic rings. The van der Waals surface area contributed by atoms with Crippen LogP contribution in [0.1, 0.15) is 42.5 Å². The fourth-order valence-electron chi connectivity index (χ4n) is 2.92. The van der Waals surface area contributed by atoms with Crippen molar-refractivity contribution in [3.8, 4) is 0 Å². The topological polar surface area (TPSA) is 41.1 Å². The van der Waals surface area contributed by atoms with Crippen molar-refractivity contribution in [2.75, 3.05) is 6.54 Å². The van der Waals surface area contributed by atoms with E-state index < -0.39 is 35.9 Å². The van der Waals surface area contributed by atoms with E-state index >= 15 is 0 Å². The molecule has 0 radical (unpaired) electrons. The van der Waals surface area contributed by atoms with E-state index in [1.165, 1.54) is 6.07 Å². The minimum absolute atomic E-state index is 0.163. The van der Waals surface area contributed by atoms with Crippen LogP contribution < -0.4 is 10.6 Å². The van der Waals surface area contributed by atoms with Crippen molar-refractivity contribution in [3.63, 3.8) is 0 Å². The number of halogens is 6. The molecule has 1 aliphatic heterocycles. The number of rotatable bonds is 4. The van der Waals surface area contributed by atoms with Gasteiger partial charge in [0.1, 0.15) is 0 Å². The van der Waals surface area contributed by atoms with Gasteiger partial charge in [0.15, 0.2) is 0 Å². The summed E-state index contributed by atoms with van der Waals surface area (Å²) in [6.45, 7) is 2.06. The summed E-state index contributed by atoms with van der Waals surface area (Å²) in [7, 11) is 0. The van der Waals surface area contributed by atoms with E-state index in [1.807, 2.05) is 5.32 Å². The van der Waals surface area contributed by atoms with Crippen molar-refractivity contribution in [1.29, 1.82) is 0 Å². The molecule has 140 valence electrons. The summed E-state index contributed by atoms with van der Waals surface area (Å²) in [5, 5.41) is 5.03. The normalized spacial score (nSPS) is 19.2. The lowest BCUT2D eigenvalue weighted by molar-refractivity contribution is -0.174. The molecule has 9 heteroatoms. The molecule has 1 amide bonds. The van der Waals surface area contributed by atoms with Crippen molar-refractivity contribution in [3.05, 3.63) is 34.9 Å². The first kappa shape index (κ1) is 19.6. The van der Waals surface area contributed by atoms with Crippen LogP contribution in [0.3, 0.4) is 0 Å². The van der Waals surface area contributed by atoms with Crippen LogP contribution in [-0.4, -0.2) is 24.7 Å². The van der Waals surface area contributed by atoms with Gasteiger partial charge in [-0.1, -0.05) is 13.0 Å². The predicted octanol–water partition coefficient (Wildman–Crippen LogP) is 3.74. The van der Waals surface area contributed by atoms with E-state index in [-0.39, 0.29) is 12.8 Å². The van der Waals surface area contributed by atoms with Crippen LogP contribution in [0.5, 0.6) is 0 Å². The molecule has 0 fully saturated rings. The molecular weight excluding hydrogens is 350 g/mol. The second-order valence-electron chi connectivity index (χ2n) is 5.98. The van der Waals surface area contributed by atoms with Crippen molar-refractivity contribution in [2.45, 2.75) is 50.6 Å². The van der Waals surface area contributed by atoms with E-state index in [0.29, 0.717) is 24.1 Å². The smallest absolute Gasteiger partial charge is 0.345 e. The number of alkyl halides is 6. The molecule has 25 heavy (non-hydrogen) atoms. The van der Waals surface area contributed by atoms with Gasteiger partial charge in [0.25, 0.3) is 0 Å². The molecule has 2 rings (SSSR count). The summed E-state index contributed by atoms with van der Waals surface area (Å²) in [6.07, 6.45) is -8.57. The molecule has 0 bridgehead atoms. The van der Waals surface area contributed by atoms with E-state index in [0.717, 1.165) is 12.1 Å². The number of carbonyl (C=O) groups is 1. The molecule has 1 heterocycles. The number of fused-ring (bicyclic) bond motifs is 1. The zero-order valence-electron chi connectivity index (χ0n) is 13.4. The maximum absolute atomic E-state index is 12.8. The number of nitrogens with one attached hydrogen (secondary N) is 2. The molecular formula is C16H18F6N2O. The molecule has 1 aliphatic rings. The van der Waals surface area contributed by atoms with Crippen molar-refractivity contribution >= 4 is 5.91 Å². The van der Waals surface area contributed by atoms with Gasteiger partial charge in [-0.05, 0) is 49.1 Å². The van der Waals surface area contributed by atoms with Crippen LogP contribution in [-0.2, 0) is 17.4 Å². The summed E-state index contributed by atoms with van der Waals surface area (Å²) in [5.41, 5.74) is 0.402. The molecule has 0 saturated carbocycles. The third-order valence-corrected chi connectivity index (χ3v) is 4.24. The standard InChI is InChI=1S/C16H18F6N2O/c1-2-11(24-14(25)16(20,21)22)8-13-12-4-3-10(15(17,18)19)7-9(12)5-6-23-13/h3-4,7,11,13,23H,2,5-6,8H2,1H3,(H,24,25). The molecule has 2 unspecified atom stereocenters.